The molecule has 0 amide bonds. The molecule has 0 unspecified atom stereocenters. The molecule has 1 aliphatic heterocycles. The van der Waals surface area contributed by atoms with E-state index in [1.165, 1.54) is 12.1 Å². The van der Waals surface area contributed by atoms with E-state index in [4.69, 9.17) is 9.94 Å². The molecular formula is C17H25FN2O3. The summed E-state index contributed by atoms with van der Waals surface area (Å²) in [6.45, 7) is 10.9. The summed E-state index contributed by atoms with van der Waals surface area (Å²) >= 11 is 0. The van der Waals surface area contributed by atoms with Gasteiger partial charge in [0, 0.05) is 26.2 Å². The predicted molar refractivity (Wildman–Crippen MR) is 86.1 cm³/mol. The first-order chi connectivity index (χ1) is 10.7. The van der Waals surface area contributed by atoms with E-state index < -0.39 is 11.8 Å². The normalized spacial score (nSPS) is 17.2. The molecule has 1 aliphatic rings. The van der Waals surface area contributed by atoms with Crippen molar-refractivity contribution in [2.45, 2.75) is 27.2 Å². The molecule has 0 radical (unpaired) electrons. The lowest BCUT2D eigenvalue weighted by Crippen LogP contribution is -2.48. The van der Waals surface area contributed by atoms with Crippen LogP contribution in [0.25, 0.3) is 0 Å². The van der Waals surface area contributed by atoms with Gasteiger partial charge in [-0.2, -0.15) is 0 Å². The molecule has 0 aliphatic carbocycles. The predicted octanol–water partition coefficient (Wildman–Crippen LogP) is 2.87. The molecule has 1 N–H and O–H groups in total. The highest BCUT2D eigenvalue weighted by Gasteiger charge is 2.21. The van der Waals surface area contributed by atoms with Gasteiger partial charge in [-0.15, -0.1) is 5.06 Å². The number of hydroxylamine groups is 2. The van der Waals surface area contributed by atoms with Crippen molar-refractivity contribution >= 4 is 5.97 Å². The third kappa shape index (κ3) is 5.48. The minimum Gasteiger partial charge on any atom is -0.478 e. The number of halogens is 1. The van der Waals surface area contributed by atoms with Gasteiger partial charge in [0.15, 0.2) is 11.6 Å². The molecule has 0 aromatic heterocycles. The summed E-state index contributed by atoms with van der Waals surface area (Å²) in [5.74, 6) is -1.74. The molecule has 23 heavy (non-hydrogen) atoms. The highest BCUT2D eigenvalue weighted by Crippen LogP contribution is 2.21. The molecule has 128 valence electrons. The lowest BCUT2D eigenvalue weighted by Gasteiger charge is -2.35. The standard InChI is InChI=1S/C17H25FN2O3/c1-17(2,3)6-7-19-8-10-20(11-9-19)23-15-5-4-13(16(21)22)12-14(15)18/h4-5,12H,6-11H2,1-3H3,(H,21,22). The zero-order valence-electron chi connectivity index (χ0n) is 14.0. The first-order valence-electron chi connectivity index (χ1n) is 7.93. The molecule has 1 aromatic carbocycles. The average molecular weight is 324 g/mol. The van der Waals surface area contributed by atoms with Gasteiger partial charge in [0.2, 0.25) is 0 Å². The van der Waals surface area contributed by atoms with Gasteiger partial charge in [0.05, 0.1) is 5.56 Å². The summed E-state index contributed by atoms with van der Waals surface area (Å²) in [6, 6.07) is 3.70. The summed E-state index contributed by atoms with van der Waals surface area (Å²) < 4.78 is 13.9. The first kappa shape index (κ1) is 17.7. The molecule has 1 saturated heterocycles. The van der Waals surface area contributed by atoms with Gasteiger partial charge in [0.1, 0.15) is 0 Å². The van der Waals surface area contributed by atoms with Crippen molar-refractivity contribution in [3.8, 4) is 5.75 Å². The molecule has 0 saturated carbocycles. The van der Waals surface area contributed by atoms with E-state index in [0.29, 0.717) is 18.5 Å². The maximum absolute atomic E-state index is 13.9. The Labute approximate surface area is 136 Å². The van der Waals surface area contributed by atoms with Crippen LogP contribution >= 0.6 is 0 Å². The Balaban J connectivity index is 1.83. The molecule has 1 aromatic rings. The van der Waals surface area contributed by atoms with Gasteiger partial charge in [-0.1, -0.05) is 20.8 Å². The minimum atomic E-state index is -1.15. The van der Waals surface area contributed by atoms with E-state index in [2.05, 4.69) is 25.7 Å². The molecular weight excluding hydrogens is 299 g/mol. The number of rotatable bonds is 5. The summed E-state index contributed by atoms with van der Waals surface area (Å²) in [6.07, 6.45) is 1.14. The molecule has 0 bridgehead atoms. The highest BCUT2D eigenvalue weighted by molar-refractivity contribution is 5.87. The Kier molecular flexibility index (Phi) is 5.59. The fourth-order valence-corrected chi connectivity index (χ4v) is 2.38. The van der Waals surface area contributed by atoms with Crippen molar-refractivity contribution in [3.63, 3.8) is 0 Å². The molecule has 1 fully saturated rings. The Bertz CT molecular complexity index is 549. The van der Waals surface area contributed by atoms with Gasteiger partial charge in [-0.05, 0) is 36.6 Å². The Morgan fingerprint density at radius 1 is 1.26 bits per heavy atom. The smallest absolute Gasteiger partial charge is 0.335 e. The lowest BCUT2D eigenvalue weighted by atomic mass is 9.92. The third-order valence-electron chi connectivity index (χ3n) is 3.92. The largest absolute Gasteiger partial charge is 0.478 e. The topological polar surface area (TPSA) is 53.0 Å². The van der Waals surface area contributed by atoms with Crippen LogP contribution in [0.2, 0.25) is 0 Å². The summed E-state index contributed by atoms with van der Waals surface area (Å²) in [5.41, 5.74) is 0.240. The van der Waals surface area contributed by atoms with E-state index >= 15 is 0 Å². The van der Waals surface area contributed by atoms with E-state index in [-0.39, 0.29) is 11.3 Å². The monoisotopic (exact) mass is 324 g/mol. The summed E-state index contributed by atoms with van der Waals surface area (Å²) in [7, 11) is 0. The third-order valence-corrected chi connectivity index (χ3v) is 3.92. The number of carboxylic acids is 1. The minimum absolute atomic E-state index is 0.0677. The Morgan fingerprint density at radius 2 is 1.91 bits per heavy atom. The number of aromatic carboxylic acids is 1. The second kappa shape index (κ2) is 7.27. The summed E-state index contributed by atoms with van der Waals surface area (Å²) in [4.78, 5) is 18.7. The quantitative estimate of drug-likeness (QED) is 0.902. The lowest BCUT2D eigenvalue weighted by molar-refractivity contribution is -0.0915. The number of hydrogen-bond donors (Lipinski definition) is 1. The van der Waals surface area contributed by atoms with Crippen LogP contribution in [0.1, 0.15) is 37.6 Å². The van der Waals surface area contributed by atoms with E-state index in [0.717, 1.165) is 32.1 Å². The second-order valence-corrected chi connectivity index (χ2v) is 7.12. The number of carbonyl (C=O) groups is 1. The van der Waals surface area contributed by atoms with Crippen molar-refractivity contribution in [2.24, 2.45) is 5.41 Å². The van der Waals surface area contributed by atoms with Crippen molar-refractivity contribution in [1.82, 2.24) is 9.96 Å². The maximum Gasteiger partial charge on any atom is 0.335 e. The van der Waals surface area contributed by atoms with E-state index in [1.54, 1.807) is 5.06 Å². The highest BCUT2D eigenvalue weighted by atomic mass is 19.1. The van der Waals surface area contributed by atoms with Gasteiger partial charge >= 0.3 is 5.97 Å². The zero-order chi connectivity index (χ0) is 17.0. The van der Waals surface area contributed by atoms with Gasteiger partial charge in [-0.25, -0.2) is 9.18 Å². The number of piperazine rings is 1. The molecule has 5 nitrogen and oxygen atoms in total. The first-order valence-corrected chi connectivity index (χ1v) is 7.93. The van der Waals surface area contributed by atoms with E-state index in [1.807, 2.05) is 0 Å². The van der Waals surface area contributed by atoms with Crippen molar-refractivity contribution in [1.29, 1.82) is 0 Å². The van der Waals surface area contributed by atoms with Crippen molar-refractivity contribution in [2.75, 3.05) is 32.7 Å². The van der Waals surface area contributed by atoms with Crippen LogP contribution in [0.15, 0.2) is 18.2 Å². The van der Waals surface area contributed by atoms with Crippen LogP contribution in [0.4, 0.5) is 4.39 Å². The van der Waals surface area contributed by atoms with Crippen LogP contribution < -0.4 is 4.84 Å². The number of hydrogen-bond acceptors (Lipinski definition) is 4. The van der Waals surface area contributed by atoms with Crippen molar-refractivity contribution < 1.29 is 19.1 Å². The number of nitrogens with zero attached hydrogens (tertiary/aromatic N) is 2. The van der Waals surface area contributed by atoms with Gasteiger partial charge < -0.3 is 14.8 Å². The molecule has 6 heteroatoms. The molecule has 0 spiro atoms. The molecule has 1 heterocycles. The van der Waals surface area contributed by atoms with Crippen molar-refractivity contribution in [3.05, 3.63) is 29.6 Å². The fourth-order valence-electron chi connectivity index (χ4n) is 2.38. The zero-order valence-corrected chi connectivity index (χ0v) is 14.0. The van der Waals surface area contributed by atoms with Crippen LogP contribution in [0.3, 0.4) is 0 Å². The van der Waals surface area contributed by atoms with E-state index in [9.17, 15) is 9.18 Å². The Morgan fingerprint density at radius 3 is 2.43 bits per heavy atom. The van der Waals surface area contributed by atoms with Gasteiger partial charge in [-0.3, -0.25) is 0 Å². The summed E-state index contributed by atoms with van der Waals surface area (Å²) in [5, 5.41) is 10.6. The molecule has 0 atom stereocenters. The maximum atomic E-state index is 13.9. The number of benzene rings is 1. The van der Waals surface area contributed by atoms with Crippen LogP contribution in [0, 0.1) is 11.2 Å². The van der Waals surface area contributed by atoms with Gasteiger partial charge in [0.25, 0.3) is 0 Å². The second-order valence-electron chi connectivity index (χ2n) is 7.12. The average Bonchev–Trinajstić information content (AvgIpc) is 2.47. The SMILES string of the molecule is CC(C)(C)CCN1CCN(Oc2ccc(C(=O)O)cc2F)CC1. The number of carboxylic acid groups (broad SMARTS) is 1. The fraction of sp³-hybridized carbons (Fsp3) is 0.588. The molecule has 2 rings (SSSR count). The van der Waals surface area contributed by atoms with Crippen LogP contribution in [-0.4, -0.2) is 53.8 Å². The Hall–Kier alpha value is -1.66. The van der Waals surface area contributed by atoms with Crippen LogP contribution in [0.5, 0.6) is 5.75 Å². The van der Waals surface area contributed by atoms with Crippen LogP contribution in [-0.2, 0) is 0 Å².